The van der Waals surface area contributed by atoms with Crippen molar-refractivity contribution in [3.63, 3.8) is 0 Å². The van der Waals surface area contributed by atoms with Crippen LogP contribution < -0.4 is 4.74 Å². The van der Waals surface area contributed by atoms with Gasteiger partial charge in [0.1, 0.15) is 11.5 Å². The van der Waals surface area contributed by atoms with Crippen molar-refractivity contribution in [1.82, 2.24) is 0 Å². The zero-order valence-electron chi connectivity index (χ0n) is 18.0. The van der Waals surface area contributed by atoms with Crippen LogP contribution in [0.1, 0.15) is 24.5 Å². The number of rotatable bonds is 7. The number of alkyl halides is 1. The summed E-state index contributed by atoms with van der Waals surface area (Å²) in [5, 5.41) is 10.5. The number of benzene rings is 2. The summed E-state index contributed by atoms with van der Waals surface area (Å²) in [5.74, 6) is 2.37. The van der Waals surface area contributed by atoms with Gasteiger partial charge in [0.15, 0.2) is 0 Å². The van der Waals surface area contributed by atoms with Crippen molar-refractivity contribution in [2.24, 2.45) is 0 Å². The number of allylic oxidation sites excluding steroid dienone is 1. The average Bonchev–Trinajstić information content (AvgIpc) is 3.54. The molecular weight excluding hydrogens is 549 g/mol. The van der Waals surface area contributed by atoms with Gasteiger partial charge in [0.05, 0.1) is 6.61 Å². The fraction of sp³-hybridized carbons (Fsp3) is 0.143. The van der Waals surface area contributed by atoms with Gasteiger partial charge in [-0.2, -0.15) is 0 Å². The van der Waals surface area contributed by atoms with Crippen LogP contribution in [0.15, 0.2) is 54.1 Å². The second-order valence-electron chi connectivity index (χ2n) is 6.95. The van der Waals surface area contributed by atoms with Gasteiger partial charge in [-0.05, 0) is 105 Å². The number of aromatic hydroxyl groups is 1. The first kappa shape index (κ1) is 27.1. The van der Waals surface area contributed by atoms with Crippen molar-refractivity contribution < 1.29 is 29.3 Å². The fourth-order valence-electron chi connectivity index (χ4n) is 3.44. The third-order valence-corrected chi connectivity index (χ3v) is 5.19. The Morgan fingerprint density at radius 3 is 1.75 bits per heavy atom. The van der Waals surface area contributed by atoms with E-state index in [-0.39, 0.29) is 25.2 Å². The summed E-state index contributed by atoms with van der Waals surface area (Å²) in [6.45, 7) is 2.82. The van der Waals surface area contributed by atoms with Gasteiger partial charge in [0, 0.05) is 30.7 Å². The first-order valence-corrected chi connectivity index (χ1v) is 11.6. The van der Waals surface area contributed by atoms with Crippen LogP contribution in [0.2, 0.25) is 0 Å². The van der Waals surface area contributed by atoms with Crippen LogP contribution in [0.25, 0.3) is 5.57 Å². The van der Waals surface area contributed by atoms with Crippen molar-refractivity contribution >= 4 is 21.5 Å². The Morgan fingerprint density at radius 1 is 0.781 bits per heavy atom. The van der Waals surface area contributed by atoms with E-state index in [2.05, 4.69) is 60.7 Å². The number of phenolic OH excluding ortho intramolecular Hbond substituents is 1. The molecule has 4 heteroatoms. The molecule has 2 nitrogen and oxygen atoms in total. The summed E-state index contributed by atoms with van der Waals surface area (Å²) in [4.78, 5) is 0. The Hall–Kier alpha value is -1.12. The molecule has 1 N–H and O–H groups in total. The van der Waals surface area contributed by atoms with Crippen LogP contribution in [0, 0.1) is 63.7 Å². The average molecular weight is 576 g/mol. The van der Waals surface area contributed by atoms with Crippen molar-refractivity contribution in [2.45, 2.75) is 13.3 Å². The molecule has 2 aliphatic carbocycles. The maximum absolute atomic E-state index is 9.67. The molecule has 0 aromatic heterocycles. The monoisotopic (exact) mass is 576 g/mol. The first-order chi connectivity index (χ1) is 15.2. The summed E-state index contributed by atoms with van der Waals surface area (Å²) < 4.78 is 5.67. The van der Waals surface area contributed by atoms with Crippen molar-refractivity contribution in [3.05, 3.63) is 129 Å². The van der Waals surface area contributed by atoms with E-state index in [0.717, 1.165) is 28.6 Å². The van der Waals surface area contributed by atoms with Crippen LogP contribution in [0.5, 0.6) is 11.5 Å². The van der Waals surface area contributed by atoms with Crippen LogP contribution in [-0.2, 0) is 19.5 Å². The molecule has 2 saturated carbocycles. The van der Waals surface area contributed by atoms with E-state index in [4.69, 9.17) is 4.74 Å². The smallest absolute Gasteiger partial charge is 0.119 e. The SMILES string of the molecule is CC/C([C]1[CH][CH][CH][CH]1)=C(/c1ccc(O)cc1)c1ccc(OCCBr)cc1.[CH]1[CH][CH][CH][CH]1.[Ru]. The molecule has 2 aromatic rings. The minimum absolute atomic E-state index is 0. The Kier molecular flexibility index (Phi) is 12.6. The van der Waals surface area contributed by atoms with E-state index in [1.54, 1.807) is 12.1 Å². The molecule has 4 rings (SSSR count). The van der Waals surface area contributed by atoms with Crippen molar-refractivity contribution in [2.75, 3.05) is 11.9 Å². The number of ether oxygens (including phenoxy) is 1. The molecule has 0 bridgehead atoms. The Labute approximate surface area is 215 Å². The third-order valence-electron chi connectivity index (χ3n) is 4.87. The maximum atomic E-state index is 9.67. The zero-order valence-corrected chi connectivity index (χ0v) is 21.3. The molecule has 0 heterocycles. The molecule has 0 unspecified atom stereocenters. The largest absolute Gasteiger partial charge is 0.508 e. The maximum Gasteiger partial charge on any atom is 0.119 e. The molecule has 0 atom stereocenters. The van der Waals surface area contributed by atoms with Gasteiger partial charge < -0.3 is 9.84 Å². The first-order valence-electron chi connectivity index (χ1n) is 10.4. The van der Waals surface area contributed by atoms with Crippen LogP contribution in [0.3, 0.4) is 0 Å². The van der Waals surface area contributed by atoms with E-state index >= 15 is 0 Å². The second-order valence-corrected chi connectivity index (χ2v) is 7.74. The van der Waals surface area contributed by atoms with E-state index in [1.807, 2.05) is 56.4 Å². The van der Waals surface area contributed by atoms with Gasteiger partial charge in [-0.15, -0.1) is 0 Å². The van der Waals surface area contributed by atoms with Gasteiger partial charge >= 0.3 is 0 Å². The summed E-state index contributed by atoms with van der Waals surface area (Å²) in [6.07, 6.45) is 19.3. The molecule has 2 aromatic carbocycles. The number of phenols is 1. The standard InChI is InChI=1S/C23H22BrO2.C5H5.Ru/c1-2-22(17-5-3-4-6-17)23(18-7-11-20(25)12-8-18)19-9-13-21(14-10-19)26-16-15-24;1-2-4-5-3-1;/h3-14,25H,2,15-16H2,1H3;1-5H;/b23-22+;;. The summed E-state index contributed by atoms with van der Waals surface area (Å²) in [7, 11) is 0. The van der Waals surface area contributed by atoms with Crippen LogP contribution in [0.4, 0.5) is 0 Å². The third kappa shape index (κ3) is 8.03. The van der Waals surface area contributed by atoms with Gasteiger partial charge in [-0.1, -0.05) is 52.7 Å². The molecule has 0 aliphatic heterocycles. The summed E-state index contributed by atoms with van der Waals surface area (Å²) in [5.41, 5.74) is 4.70. The molecule has 2 aliphatic rings. The van der Waals surface area contributed by atoms with E-state index in [0.29, 0.717) is 6.61 Å². The Morgan fingerprint density at radius 2 is 1.28 bits per heavy atom. The Balaban J connectivity index is 0.000000534. The predicted molar refractivity (Wildman–Crippen MR) is 132 cm³/mol. The van der Waals surface area contributed by atoms with Gasteiger partial charge in [-0.3, -0.25) is 0 Å². The molecule has 0 spiro atoms. The van der Waals surface area contributed by atoms with Crippen LogP contribution >= 0.6 is 15.9 Å². The van der Waals surface area contributed by atoms with E-state index in [9.17, 15) is 5.11 Å². The number of hydrogen-bond donors (Lipinski definition) is 1. The molecule has 2 fully saturated rings. The van der Waals surface area contributed by atoms with E-state index in [1.165, 1.54) is 17.1 Å². The molecule has 0 saturated heterocycles. The summed E-state index contributed by atoms with van der Waals surface area (Å²) in [6, 6.07) is 15.6. The van der Waals surface area contributed by atoms with Gasteiger partial charge in [0.25, 0.3) is 0 Å². The normalized spacial score (nSPS) is 16.6. The Bertz CT molecular complexity index is 797. The van der Waals surface area contributed by atoms with Gasteiger partial charge in [0.2, 0.25) is 0 Å². The number of hydrogen-bond acceptors (Lipinski definition) is 2. The molecule has 32 heavy (non-hydrogen) atoms. The number of halogens is 1. The van der Waals surface area contributed by atoms with Crippen LogP contribution in [-0.4, -0.2) is 17.0 Å². The minimum Gasteiger partial charge on any atom is -0.508 e. The zero-order chi connectivity index (χ0) is 21.9. The van der Waals surface area contributed by atoms with Gasteiger partial charge in [-0.25, -0.2) is 0 Å². The topological polar surface area (TPSA) is 29.5 Å². The second kappa shape index (κ2) is 14.9. The molecule has 166 valence electrons. The van der Waals surface area contributed by atoms with Crippen molar-refractivity contribution in [3.8, 4) is 11.5 Å². The summed E-state index contributed by atoms with van der Waals surface area (Å²) >= 11 is 3.38. The minimum atomic E-state index is 0. The predicted octanol–water partition coefficient (Wildman–Crippen LogP) is 6.80. The van der Waals surface area contributed by atoms with Crippen molar-refractivity contribution in [1.29, 1.82) is 0 Å². The van der Waals surface area contributed by atoms with E-state index < -0.39 is 0 Å². The molecular formula is C28H27BrO2Ru. The molecule has 10 radical (unpaired) electrons. The molecule has 0 amide bonds. The quantitative estimate of drug-likeness (QED) is 0.290. The fourth-order valence-corrected chi connectivity index (χ4v) is 3.60.